The van der Waals surface area contributed by atoms with Crippen molar-refractivity contribution in [3.8, 4) is 0 Å². The van der Waals surface area contributed by atoms with Crippen LogP contribution < -0.4 is 4.90 Å². The summed E-state index contributed by atoms with van der Waals surface area (Å²) in [4.78, 5) is 13.6. The number of piperidine rings is 1. The Morgan fingerprint density at radius 3 is 2.49 bits per heavy atom. The number of nitrogens with zero attached hydrogens (tertiary/aromatic N) is 2. The van der Waals surface area contributed by atoms with E-state index in [0.29, 0.717) is 10.9 Å². The van der Waals surface area contributed by atoms with E-state index in [2.05, 4.69) is 63.6 Å². The van der Waals surface area contributed by atoms with Crippen LogP contribution in [0.25, 0.3) is 22.0 Å². The van der Waals surface area contributed by atoms with E-state index in [4.69, 9.17) is 0 Å². The van der Waals surface area contributed by atoms with E-state index in [9.17, 15) is 9.18 Å². The van der Waals surface area contributed by atoms with Gasteiger partial charge < -0.3 is 9.69 Å². The molecule has 186 valence electrons. The molecule has 0 spiro atoms. The number of aromatic nitrogens is 2. The van der Waals surface area contributed by atoms with E-state index in [1.165, 1.54) is 39.1 Å². The van der Waals surface area contributed by atoms with Crippen LogP contribution >= 0.6 is 0 Å². The van der Waals surface area contributed by atoms with Crippen molar-refractivity contribution in [2.24, 2.45) is 5.92 Å². The summed E-state index contributed by atoms with van der Waals surface area (Å²) >= 11 is 0. The molecule has 0 amide bonds. The van der Waals surface area contributed by atoms with Crippen molar-refractivity contribution in [3.63, 3.8) is 0 Å². The third kappa shape index (κ3) is 3.71. The number of aromatic amines is 1. The van der Waals surface area contributed by atoms with Gasteiger partial charge in [-0.05, 0) is 108 Å². The fourth-order valence-corrected chi connectivity index (χ4v) is 6.62. The van der Waals surface area contributed by atoms with E-state index in [1.807, 2.05) is 6.07 Å². The van der Waals surface area contributed by atoms with E-state index >= 15 is 0 Å². The highest BCUT2D eigenvalue weighted by molar-refractivity contribution is 6.03. The molecule has 0 radical (unpaired) electrons. The largest absolute Gasteiger partial charge is 0.371 e. The maximum Gasteiger partial charge on any atom is 0.217 e. The number of fused-ring (bicyclic) bond motifs is 4. The highest BCUT2D eigenvalue weighted by Crippen LogP contribution is 2.44. The van der Waals surface area contributed by atoms with Gasteiger partial charge in [-0.3, -0.25) is 5.10 Å². The van der Waals surface area contributed by atoms with Crippen molar-refractivity contribution in [1.82, 2.24) is 10.2 Å². The van der Waals surface area contributed by atoms with Gasteiger partial charge in [0.25, 0.3) is 0 Å². The molecule has 0 bridgehead atoms. The number of hydrogen-bond acceptors (Lipinski definition) is 3. The normalized spacial score (nSPS) is 17.8. The number of anilines is 1. The van der Waals surface area contributed by atoms with Gasteiger partial charge in [0.2, 0.25) is 5.95 Å². The first-order valence-electron chi connectivity index (χ1n) is 13.5. The quantitative estimate of drug-likeness (QED) is 0.331. The molecule has 4 nitrogen and oxygen atoms in total. The van der Waals surface area contributed by atoms with Gasteiger partial charge in [0, 0.05) is 24.7 Å². The number of carbonyl (C=O) groups is 1. The number of hydrogen-bond donors (Lipinski definition) is 1. The second-order valence-corrected chi connectivity index (χ2v) is 10.7. The van der Waals surface area contributed by atoms with Crippen molar-refractivity contribution >= 4 is 34.0 Å². The smallest absolute Gasteiger partial charge is 0.217 e. The van der Waals surface area contributed by atoms with Gasteiger partial charge in [-0.15, -0.1) is 0 Å². The van der Waals surface area contributed by atoms with Crippen LogP contribution in [-0.2, 0) is 24.1 Å². The fourth-order valence-electron chi connectivity index (χ4n) is 6.62. The minimum absolute atomic E-state index is 0.189. The van der Waals surface area contributed by atoms with Gasteiger partial charge >= 0.3 is 0 Å². The molecule has 5 heteroatoms. The van der Waals surface area contributed by atoms with Gasteiger partial charge in [0.15, 0.2) is 0 Å². The fraction of sp³-hybridized carbons (Fsp3) is 0.312. The summed E-state index contributed by atoms with van der Waals surface area (Å²) in [6.07, 6.45) is 7.98. The molecule has 1 N–H and O–H groups in total. The molecule has 3 aliphatic rings. The summed E-state index contributed by atoms with van der Waals surface area (Å²) in [6, 6.07) is 19.7. The molecule has 0 saturated carbocycles. The van der Waals surface area contributed by atoms with Gasteiger partial charge in [0.05, 0.1) is 10.9 Å². The number of benzene rings is 3. The summed E-state index contributed by atoms with van der Waals surface area (Å²) in [6.45, 7) is 1.82. The number of rotatable bonds is 4. The Balaban J connectivity index is 1.38. The first kappa shape index (κ1) is 22.5. The zero-order chi connectivity index (χ0) is 24.9. The van der Waals surface area contributed by atoms with Crippen LogP contribution in [0.5, 0.6) is 0 Å². The molecule has 4 aromatic rings. The molecular formula is C32H30FN3O. The Labute approximate surface area is 216 Å². The van der Waals surface area contributed by atoms with E-state index in [0.717, 1.165) is 75.4 Å². The van der Waals surface area contributed by atoms with E-state index in [-0.39, 0.29) is 11.9 Å². The first-order chi connectivity index (χ1) is 18.2. The Bertz CT molecular complexity index is 1540. The lowest BCUT2D eigenvalue weighted by atomic mass is 9.79. The van der Waals surface area contributed by atoms with Crippen LogP contribution in [0.1, 0.15) is 59.1 Å². The number of H-pyrrole nitrogens is 1. The minimum Gasteiger partial charge on any atom is -0.371 e. The number of allylic oxidation sites excluding steroid dienone is 1. The Morgan fingerprint density at radius 1 is 0.892 bits per heavy atom. The first-order valence-corrected chi connectivity index (χ1v) is 13.5. The van der Waals surface area contributed by atoms with Gasteiger partial charge in [-0.1, -0.05) is 36.4 Å². The molecule has 3 aromatic carbocycles. The van der Waals surface area contributed by atoms with Gasteiger partial charge in [0.1, 0.15) is 6.29 Å². The predicted octanol–water partition coefficient (Wildman–Crippen LogP) is 6.51. The Hall–Kier alpha value is -3.73. The van der Waals surface area contributed by atoms with Crippen molar-refractivity contribution in [2.75, 3.05) is 18.0 Å². The molecule has 37 heavy (non-hydrogen) atoms. The highest BCUT2D eigenvalue weighted by atomic mass is 19.1. The number of halogens is 1. The van der Waals surface area contributed by atoms with Gasteiger partial charge in [-0.25, -0.2) is 0 Å². The van der Waals surface area contributed by atoms with Crippen LogP contribution in [0.2, 0.25) is 0 Å². The third-order valence-electron chi connectivity index (χ3n) is 8.71. The standard InChI is InChI=1S/C32H30FN3O/c33-32-31-27-6-2-5-26(25-4-1-3-21-9-12-24(21)25)30(28(27)13-14-29(31)34-35-32)22-7-10-23(11-8-22)36-17-15-20(19-37)16-18-36/h1,3-4,7-8,10-11,13-14,19-20H,2,5-6,9,12,15-18H2,(H,34,35). The lowest BCUT2D eigenvalue weighted by Gasteiger charge is -2.31. The zero-order valence-corrected chi connectivity index (χ0v) is 20.9. The molecule has 7 rings (SSSR count). The van der Waals surface area contributed by atoms with Crippen LogP contribution in [0.4, 0.5) is 10.1 Å². The second kappa shape index (κ2) is 8.98. The molecule has 1 saturated heterocycles. The lowest BCUT2D eigenvalue weighted by molar-refractivity contribution is -0.111. The average Bonchev–Trinajstić information content (AvgIpc) is 3.19. The van der Waals surface area contributed by atoms with Gasteiger partial charge in [-0.2, -0.15) is 9.49 Å². The Kier molecular flexibility index (Phi) is 5.45. The van der Waals surface area contributed by atoms with Crippen molar-refractivity contribution in [2.45, 2.75) is 44.9 Å². The van der Waals surface area contributed by atoms with Crippen molar-refractivity contribution in [1.29, 1.82) is 0 Å². The average molecular weight is 492 g/mol. The van der Waals surface area contributed by atoms with Crippen LogP contribution in [-0.4, -0.2) is 29.6 Å². The highest BCUT2D eigenvalue weighted by Gasteiger charge is 2.27. The summed E-state index contributed by atoms with van der Waals surface area (Å²) < 4.78 is 14.9. The molecule has 1 aliphatic heterocycles. The van der Waals surface area contributed by atoms with Crippen LogP contribution in [0.15, 0.2) is 54.6 Å². The summed E-state index contributed by atoms with van der Waals surface area (Å²) in [5.41, 5.74) is 12.1. The predicted molar refractivity (Wildman–Crippen MR) is 146 cm³/mol. The number of carbonyl (C=O) groups excluding carboxylic acids is 1. The summed E-state index contributed by atoms with van der Waals surface area (Å²) in [5, 5.41) is 7.39. The second-order valence-electron chi connectivity index (χ2n) is 10.7. The summed E-state index contributed by atoms with van der Waals surface area (Å²) in [7, 11) is 0. The molecule has 1 fully saturated rings. The van der Waals surface area contributed by atoms with E-state index < -0.39 is 0 Å². The maximum atomic E-state index is 14.9. The third-order valence-corrected chi connectivity index (χ3v) is 8.71. The zero-order valence-electron chi connectivity index (χ0n) is 20.9. The topological polar surface area (TPSA) is 49.0 Å². The van der Waals surface area contributed by atoms with Crippen LogP contribution in [0.3, 0.4) is 0 Å². The van der Waals surface area contributed by atoms with Crippen molar-refractivity contribution in [3.05, 3.63) is 93.9 Å². The lowest BCUT2D eigenvalue weighted by Crippen LogP contribution is -2.34. The number of aldehydes is 1. The molecule has 2 aliphatic carbocycles. The molecular weight excluding hydrogens is 461 g/mol. The molecule has 0 unspecified atom stereocenters. The Morgan fingerprint density at radius 2 is 1.73 bits per heavy atom. The van der Waals surface area contributed by atoms with Crippen molar-refractivity contribution < 1.29 is 9.18 Å². The number of aryl methyl sites for hydroxylation is 2. The molecule has 1 aromatic heterocycles. The van der Waals surface area contributed by atoms with Crippen LogP contribution in [0, 0.1) is 11.9 Å². The summed E-state index contributed by atoms with van der Waals surface area (Å²) in [5.74, 6) is -0.151. The monoisotopic (exact) mass is 491 g/mol. The SMILES string of the molecule is O=CC1CCN(c2ccc(C3=C(c4cccc5c4CC5)CCCc4c3ccc3n[nH]c(F)c43)cc2)CC1. The van der Waals surface area contributed by atoms with E-state index in [1.54, 1.807) is 0 Å². The number of nitrogens with one attached hydrogen (secondary N) is 1. The minimum atomic E-state index is -0.340. The molecule has 0 atom stereocenters. The molecule has 2 heterocycles. The maximum absolute atomic E-state index is 14.9.